The third-order valence-corrected chi connectivity index (χ3v) is 4.67. The van der Waals surface area contributed by atoms with Gasteiger partial charge in [0.1, 0.15) is 18.3 Å². The number of amides is 1. The van der Waals surface area contributed by atoms with E-state index in [1.807, 2.05) is 6.20 Å². The van der Waals surface area contributed by atoms with Gasteiger partial charge in [0.25, 0.3) is 0 Å². The van der Waals surface area contributed by atoms with Gasteiger partial charge in [0.05, 0.1) is 7.11 Å². The molecule has 0 bridgehead atoms. The molecule has 172 valence electrons. The molecule has 12 heteroatoms. The molecular weight excluding hydrogens is 416 g/mol. The molecule has 31 heavy (non-hydrogen) atoms. The van der Waals surface area contributed by atoms with Crippen LogP contribution in [0.1, 0.15) is 12.5 Å². The number of hydrogen-bond acceptors (Lipinski definition) is 9. The van der Waals surface area contributed by atoms with E-state index < -0.39 is 36.7 Å². The van der Waals surface area contributed by atoms with Crippen LogP contribution in [-0.4, -0.2) is 91.9 Å². The van der Waals surface area contributed by atoms with E-state index in [-0.39, 0.29) is 11.7 Å². The minimum absolute atomic E-state index is 0.0370. The van der Waals surface area contributed by atoms with E-state index in [1.54, 1.807) is 12.1 Å². The van der Waals surface area contributed by atoms with Crippen molar-refractivity contribution in [2.45, 2.75) is 44.1 Å². The Labute approximate surface area is 176 Å². The number of aliphatic hydroxyl groups excluding tert-OH is 4. The molecule has 2 heterocycles. The Morgan fingerprint density at radius 3 is 2.42 bits per heavy atom. The van der Waals surface area contributed by atoms with Crippen LogP contribution in [0.4, 0.5) is 0 Å². The molecule has 1 aromatic carbocycles. The number of aromatic amines is 1. The minimum Gasteiger partial charge on any atom is -0.504 e. The highest BCUT2D eigenvalue weighted by Gasteiger charge is 2.46. The summed E-state index contributed by atoms with van der Waals surface area (Å²) in [6.45, 7) is 2.09. The summed E-state index contributed by atoms with van der Waals surface area (Å²) in [5.41, 5.74) is 1.93. The summed E-state index contributed by atoms with van der Waals surface area (Å²) in [5.74, 6) is -0.995. The van der Waals surface area contributed by atoms with Crippen molar-refractivity contribution in [3.63, 3.8) is 0 Å². The molecule has 12 nitrogen and oxygen atoms in total. The first-order valence-electron chi connectivity index (χ1n) is 9.28. The maximum Gasteiger partial charge on any atom is 0.335 e. The topological polar surface area (TPSA) is 202 Å². The molecule has 1 aliphatic heterocycles. The molecule has 5 atom stereocenters. The normalized spacial score (nSPS) is 25.4. The van der Waals surface area contributed by atoms with Gasteiger partial charge in [0.15, 0.2) is 23.9 Å². The van der Waals surface area contributed by atoms with Gasteiger partial charge in [-0.3, -0.25) is 4.79 Å². The number of carbonyl (C=O) groups excluding carboxylic acids is 1. The van der Waals surface area contributed by atoms with E-state index in [4.69, 9.17) is 30.3 Å². The number of methoxy groups -OCH3 is 1. The molecule has 0 spiro atoms. The summed E-state index contributed by atoms with van der Waals surface area (Å²) in [6.07, 6.45) is -6.11. The van der Waals surface area contributed by atoms with Gasteiger partial charge in [-0.1, -0.05) is 0 Å². The highest BCUT2D eigenvalue weighted by molar-refractivity contribution is 5.86. The quantitative estimate of drug-likeness (QED) is 0.267. The lowest BCUT2D eigenvalue weighted by Crippen LogP contribution is -2.59. The summed E-state index contributed by atoms with van der Waals surface area (Å²) in [4.78, 5) is 24.3. The van der Waals surface area contributed by atoms with Crippen molar-refractivity contribution in [1.82, 2.24) is 10.3 Å². The van der Waals surface area contributed by atoms with Crippen molar-refractivity contribution in [2.24, 2.45) is 0 Å². The number of aromatic hydroxyl groups is 1. The van der Waals surface area contributed by atoms with Gasteiger partial charge in [-0.2, -0.15) is 0 Å². The largest absolute Gasteiger partial charge is 0.504 e. The number of H-pyrrole nitrogens is 1. The number of phenols is 1. The summed E-state index contributed by atoms with van der Waals surface area (Å²) in [6, 6.07) is 3.43. The van der Waals surface area contributed by atoms with Crippen LogP contribution in [-0.2, 0) is 20.7 Å². The summed E-state index contributed by atoms with van der Waals surface area (Å²) in [7, 11) is 1.52. The molecule has 0 saturated carbocycles. The lowest BCUT2D eigenvalue weighted by atomic mass is 9.99. The number of carbonyl (C=O) groups is 2. The average molecular weight is 442 g/mol. The lowest BCUT2D eigenvalue weighted by molar-refractivity contribution is -0.279. The number of ether oxygens (including phenoxy) is 2. The van der Waals surface area contributed by atoms with Gasteiger partial charge in [0, 0.05) is 36.6 Å². The van der Waals surface area contributed by atoms with Gasteiger partial charge >= 0.3 is 5.97 Å². The minimum atomic E-state index is -1.81. The number of aliphatic carboxylic acids is 1. The summed E-state index contributed by atoms with van der Waals surface area (Å²) < 4.78 is 9.43. The summed E-state index contributed by atoms with van der Waals surface area (Å²) >= 11 is 0. The molecule has 2 aromatic rings. The number of rotatable bonds is 5. The zero-order valence-corrected chi connectivity index (χ0v) is 16.8. The lowest BCUT2D eigenvalue weighted by Gasteiger charge is -2.36. The molecule has 1 fully saturated rings. The molecular formula is C19H26N2O10. The van der Waals surface area contributed by atoms with Crippen molar-refractivity contribution in [2.75, 3.05) is 13.7 Å². The fourth-order valence-electron chi connectivity index (χ4n) is 3.00. The van der Waals surface area contributed by atoms with E-state index in [2.05, 4.69) is 15.0 Å². The van der Waals surface area contributed by atoms with Gasteiger partial charge in [-0.25, -0.2) is 4.79 Å². The van der Waals surface area contributed by atoms with Crippen LogP contribution >= 0.6 is 0 Å². The number of benzene rings is 1. The number of phenolic OH excluding ortho intramolecular Hbond substituents is 1. The highest BCUT2D eigenvalue weighted by atomic mass is 16.6. The maximum atomic E-state index is 10.8. The van der Waals surface area contributed by atoms with Gasteiger partial charge < -0.3 is 50.4 Å². The third-order valence-electron chi connectivity index (χ3n) is 4.67. The van der Waals surface area contributed by atoms with Crippen LogP contribution in [0.5, 0.6) is 11.5 Å². The molecule has 1 amide bonds. The number of carboxylic acid groups (broad SMARTS) is 1. The van der Waals surface area contributed by atoms with Crippen LogP contribution in [0.2, 0.25) is 0 Å². The molecule has 3 rings (SSSR count). The smallest absolute Gasteiger partial charge is 0.335 e. The summed E-state index contributed by atoms with van der Waals surface area (Å²) in [5, 5.41) is 57.8. The Morgan fingerprint density at radius 2 is 1.84 bits per heavy atom. The Balaban J connectivity index is 0.000000233. The first-order chi connectivity index (χ1) is 14.6. The molecule has 1 saturated heterocycles. The van der Waals surface area contributed by atoms with Crippen LogP contribution < -0.4 is 10.1 Å². The number of aliphatic hydroxyl groups is 4. The molecule has 0 radical (unpaired) electrons. The third kappa shape index (κ3) is 5.83. The molecule has 8 N–H and O–H groups in total. The van der Waals surface area contributed by atoms with Crippen molar-refractivity contribution in [3.8, 4) is 11.5 Å². The van der Waals surface area contributed by atoms with E-state index in [9.17, 15) is 14.7 Å². The predicted octanol–water partition coefficient (Wildman–Crippen LogP) is -1.57. The fraction of sp³-hybridized carbons (Fsp3) is 0.474. The van der Waals surface area contributed by atoms with Crippen LogP contribution in [0.25, 0.3) is 10.9 Å². The fourth-order valence-corrected chi connectivity index (χ4v) is 3.00. The first kappa shape index (κ1) is 24.4. The zero-order chi connectivity index (χ0) is 23.3. The zero-order valence-electron chi connectivity index (χ0n) is 16.8. The number of nitrogens with one attached hydrogen (secondary N) is 2. The molecule has 1 unspecified atom stereocenters. The van der Waals surface area contributed by atoms with Crippen LogP contribution in [0, 0.1) is 0 Å². The SMILES string of the molecule is COc1cc2c(CCNC(C)=O)c[nH]c2cc1O.O=C(O)[C@H]1OC(O)[C@H](O)[C@@H](O)[C@@H]1O. The standard InChI is InChI=1S/C13H16N2O3.C6H10O7/c1-8(16)14-4-3-9-7-15-11-6-12(17)13(18-2)5-10(9)11;7-1-2(8)4(5(10)11)13-6(12)3(1)9/h5-7,15,17H,3-4H2,1-2H3,(H,14,16);1-4,6-9,12H,(H,10,11)/t;1-,2-,3+,4-,6?/m.0/s1. The second-order valence-corrected chi connectivity index (χ2v) is 6.87. The number of hydrogen-bond donors (Lipinski definition) is 8. The van der Waals surface area contributed by atoms with E-state index in [0.29, 0.717) is 12.3 Å². The monoisotopic (exact) mass is 442 g/mol. The molecule has 1 aromatic heterocycles. The van der Waals surface area contributed by atoms with Gasteiger partial charge in [-0.15, -0.1) is 0 Å². The second kappa shape index (κ2) is 10.4. The first-order valence-corrected chi connectivity index (χ1v) is 9.28. The van der Waals surface area contributed by atoms with Crippen LogP contribution in [0.3, 0.4) is 0 Å². The maximum absolute atomic E-state index is 10.8. The van der Waals surface area contributed by atoms with Crippen LogP contribution in [0.15, 0.2) is 18.3 Å². The van der Waals surface area contributed by atoms with E-state index in [1.165, 1.54) is 14.0 Å². The number of carboxylic acids is 1. The molecule has 0 aliphatic carbocycles. The van der Waals surface area contributed by atoms with Gasteiger partial charge in [0.2, 0.25) is 5.91 Å². The van der Waals surface area contributed by atoms with Crippen molar-refractivity contribution in [1.29, 1.82) is 0 Å². The Morgan fingerprint density at radius 1 is 1.16 bits per heavy atom. The number of fused-ring (bicyclic) bond motifs is 1. The van der Waals surface area contributed by atoms with Crippen molar-refractivity contribution < 1.29 is 49.7 Å². The Bertz CT molecular complexity index is 914. The predicted molar refractivity (Wildman–Crippen MR) is 105 cm³/mol. The highest BCUT2D eigenvalue weighted by Crippen LogP contribution is 2.32. The number of aromatic nitrogens is 1. The Kier molecular flexibility index (Phi) is 8.19. The second-order valence-electron chi connectivity index (χ2n) is 6.87. The Hall–Kier alpha value is -2.90. The van der Waals surface area contributed by atoms with Crippen molar-refractivity contribution >= 4 is 22.8 Å². The molecule has 1 aliphatic rings. The van der Waals surface area contributed by atoms with Gasteiger partial charge in [-0.05, 0) is 18.1 Å². The van der Waals surface area contributed by atoms with Crippen molar-refractivity contribution in [3.05, 3.63) is 23.9 Å². The van der Waals surface area contributed by atoms with E-state index >= 15 is 0 Å². The average Bonchev–Trinajstić information content (AvgIpc) is 3.10. The van der Waals surface area contributed by atoms with E-state index in [0.717, 1.165) is 22.9 Å².